The highest BCUT2D eigenvalue weighted by atomic mass is 79.9. The first-order valence-corrected chi connectivity index (χ1v) is 6.66. The molecule has 16 heavy (non-hydrogen) atoms. The number of hydrogen-bond donors (Lipinski definition) is 0. The van der Waals surface area contributed by atoms with E-state index in [2.05, 4.69) is 43.7 Å². The molecular formula is C12H18BrN3. The van der Waals surface area contributed by atoms with Crippen LogP contribution >= 0.6 is 15.9 Å². The Balaban J connectivity index is 1.94. The Morgan fingerprint density at radius 1 is 1.25 bits per heavy atom. The largest absolute Gasteiger partial charge is 0.368 e. The molecule has 2 rings (SSSR count). The Bertz CT molecular complexity index is 335. The van der Waals surface area contributed by atoms with E-state index in [4.69, 9.17) is 0 Å². The number of nitrogens with zero attached hydrogens (tertiary/aromatic N) is 3. The second kappa shape index (κ2) is 5.64. The maximum absolute atomic E-state index is 4.21. The minimum Gasteiger partial charge on any atom is -0.368 e. The molecule has 0 aromatic carbocycles. The van der Waals surface area contributed by atoms with Crippen LogP contribution in [-0.4, -0.2) is 42.6 Å². The Morgan fingerprint density at radius 3 is 2.62 bits per heavy atom. The zero-order valence-corrected chi connectivity index (χ0v) is 11.3. The van der Waals surface area contributed by atoms with E-state index in [1.165, 1.54) is 31.7 Å². The standard InChI is InChI=1S/C12H18BrN3/c1-2-3-15-4-6-16(7-5-15)12-8-11(13)9-14-10-12/h8-10H,2-7H2,1H3. The average Bonchev–Trinajstić information content (AvgIpc) is 2.30. The van der Waals surface area contributed by atoms with Crippen molar-refractivity contribution in [1.82, 2.24) is 9.88 Å². The van der Waals surface area contributed by atoms with Gasteiger partial charge >= 0.3 is 0 Å². The summed E-state index contributed by atoms with van der Waals surface area (Å²) in [5.41, 5.74) is 1.23. The van der Waals surface area contributed by atoms with Crippen molar-refractivity contribution in [1.29, 1.82) is 0 Å². The fourth-order valence-corrected chi connectivity index (χ4v) is 2.47. The van der Waals surface area contributed by atoms with Crippen LogP contribution in [0, 0.1) is 0 Å². The first-order chi connectivity index (χ1) is 7.79. The minimum absolute atomic E-state index is 1.06. The van der Waals surface area contributed by atoms with Gasteiger partial charge in [-0.15, -0.1) is 0 Å². The summed E-state index contributed by atoms with van der Waals surface area (Å²) in [7, 11) is 0. The fraction of sp³-hybridized carbons (Fsp3) is 0.583. The molecule has 1 aromatic rings. The first kappa shape index (κ1) is 11.9. The molecule has 0 radical (unpaired) electrons. The van der Waals surface area contributed by atoms with Crippen molar-refractivity contribution in [3.8, 4) is 0 Å². The molecule has 0 amide bonds. The Labute approximate surface area is 106 Å². The molecule has 3 nitrogen and oxygen atoms in total. The van der Waals surface area contributed by atoms with E-state index in [1.54, 1.807) is 0 Å². The summed E-state index contributed by atoms with van der Waals surface area (Å²) < 4.78 is 1.06. The number of piperazine rings is 1. The van der Waals surface area contributed by atoms with E-state index in [1.807, 2.05) is 12.4 Å². The lowest BCUT2D eigenvalue weighted by Gasteiger charge is -2.35. The third-order valence-electron chi connectivity index (χ3n) is 2.97. The van der Waals surface area contributed by atoms with Crippen LogP contribution in [0.25, 0.3) is 0 Å². The van der Waals surface area contributed by atoms with Gasteiger partial charge in [-0.25, -0.2) is 0 Å². The van der Waals surface area contributed by atoms with Gasteiger partial charge in [0.25, 0.3) is 0 Å². The van der Waals surface area contributed by atoms with E-state index in [0.717, 1.165) is 17.6 Å². The lowest BCUT2D eigenvalue weighted by Crippen LogP contribution is -2.46. The lowest BCUT2D eigenvalue weighted by molar-refractivity contribution is 0.258. The molecule has 1 aliphatic rings. The van der Waals surface area contributed by atoms with Gasteiger partial charge in [-0.05, 0) is 35.0 Å². The van der Waals surface area contributed by atoms with Gasteiger partial charge in [0, 0.05) is 36.8 Å². The SMILES string of the molecule is CCCN1CCN(c2cncc(Br)c2)CC1. The smallest absolute Gasteiger partial charge is 0.0564 e. The number of aromatic nitrogens is 1. The predicted molar refractivity (Wildman–Crippen MR) is 70.9 cm³/mol. The number of hydrogen-bond acceptors (Lipinski definition) is 3. The van der Waals surface area contributed by atoms with E-state index >= 15 is 0 Å². The highest BCUT2D eigenvalue weighted by Crippen LogP contribution is 2.19. The van der Waals surface area contributed by atoms with Crippen molar-refractivity contribution in [2.45, 2.75) is 13.3 Å². The third kappa shape index (κ3) is 2.95. The second-order valence-electron chi connectivity index (χ2n) is 4.19. The van der Waals surface area contributed by atoms with Gasteiger partial charge in [0.15, 0.2) is 0 Å². The van der Waals surface area contributed by atoms with Crippen molar-refractivity contribution >= 4 is 21.6 Å². The van der Waals surface area contributed by atoms with Gasteiger partial charge in [0.05, 0.1) is 11.9 Å². The maximum atomic E-state index is 4.21. The summed E-state index contributed by atoms with van der Waals surface area (Å²) in [6.45, 7) is 8.02. The van der Waals surface area contributed by atoms with Crippen molar-refractivity contribution < 1.29 is 0 Å². The van der Waals surface area contributed by atoms with Crippen LogP contribution in [-0.2, 0) is 0 Å². The van der Waals surface area contributed by atoms with Gasteiger partial charge in [-0.3, -0.25) is 9.88 Å². The summed E-state index contributed by atoms with van der Waals surface area (Å²) in [6, 6.07) is 2.14. The normalized spacial score (nSPS) is 17.8. The van der Waals surface area contributed by atoms with Crippen LogP contribution in [0.1, 0.15) is 13.3 Å². The Kier molecular flexibility index (Phi) is 4.18. The molecule has 0 aliphatic carbocycles. The van der Waals surface area contributed by atoms with Crippen LogP contribution < -0.4 is 4.90 Å². The van der Waals surface area contributed by atoms with Gasteiger partial charge in [-0.1, -0.05) is 6.92 Å². The zero-order valence-electron chi connectivity index (χ0n) is 9.69. The molecular weight excluding hydrogens is 266 g/mol. The summed E-state index contributed by atoms with van der Waals surface area (Å²) in [5, 5.41) is 0. The molecule has 1 aromatic heterocycles. The van der Waals surface area contributed by atoms with E-state index in [-0.39, 0.29) is 0 Å². The molecule has 0 bridgehead atoms. The van der Waals surface area contributed by atoms with Crippen molar-refractivity contribution in [2.75, 3.05) is 37.6 Å². The van der Waals surface area contributed by atoms with Crippen LogP contribution in [0.5, 0.6) is 0 Å². The highest BCUT2D eigenvalue weighted by molar-refractivity contribution is 9.10. The average molecular weight is 284 g/mol. The summed E-state index contributed by atoms with van der Waals surface area (Å²) in [4.78, 5) is 9.15. The van der Waals surface area contributed by atoms with Crippen LogP contribution in [0.4, 0.5) is 5.69 Å². The van der Waals surface area contributed by atoms with E-state index < -0.39 is 0 Å². The first-order valence-electron chi connectivity index (χ1n) is 5.87. The van der Waals surface area contributed by atoms with Crippen LogP contribution in [0.3, 0.4) is 0 Å². The second-order valence-corrected chi connectivity index (χ2v) is 5.11. The Morgan fingerprint density at radius 2 is 2.00 bits per heavy atom. The lowest BCUT2D eigenvalue weighted by atomic mass is 10.2. The number of halogens is 1. The van der Waals surface area contributed by atoms with Crippen LogP contribution in [0.15, 0.2) is 22.9 Å². The molecule has 88 valence electrons. The zero-order chi connectivity index (χ0) is 11.4. The molecule has 2 heterocycles. The molecule has 0 saturated carbocycles. The number of pyridine rings is 1. The van der Waals surface area contributed by atoms with Gasteiger partial charge < -0.3 is 4.90 Å². The Hall–Kier alpha value is -0.610. The van der Waals surface area contributed by atoms with E-state index in [0.29, 0.717) is 0 Å². The molecule has 4 heteroatoms. The molecule has 0 unspecified atom stereocenters. The monoisotopic (exact) mass is 283 g/mol. The molecule has 1 saturated heterocycles. The van der Waals surface area contributed by atoms with Crippen molar-refractivity contribution in [3.63, 3.8) is 0 Å². The molecule has 1 aliphatic heterocycles. The molecule has 0 spiro atoms. The van der Waals surface area contributed by atoms with Crippen molar-refractivity contribution in [3.05, 3.63) is 22.9 Å². The third-order valence-corrected chi connectivity index (χ3v) is 3.40. The quantitative estimate of drug-likeness (QED) is 0.849. The van der Waals surface area contributed by atoms with E-state index in [9.17, 15) is 0 Å². The van der Waals surface area contributed by atoms with Gasteiger partial charge in [0.2, 0.25) is 0 Å². The predicted octanol–water partition coefficient (Wildman–Crippen LogP) is 2.38. The fourth-order valence-electron chi connectivity index (χ4n) is 2.12. The van der Waals surface area contributed by atoms with Crippen molar-refractivity contribution in [2.24, 2.45) is 0 Å². The van der Waals surface area contributed by atoms with Gasteiger partial charge in [0.1, 0.15) is 0 Å². The summed E-state index contributed by atoms with van der Waals surface area (Å²) >= 11 is 3.47. The maximum Gasteiger partial charge on any atom is 0.0564 e. The minimum atomic E-state index is 1.06. The summed E-state index contributed by atoms with van der Waals surface area (Å²) in [6.07, 6.45) is 5.02. The van der Waals surface area contributed by atoms with Crippen LogP contribution in [0.2, 0.25) is 0 Å². The highest BCUT2D eigenvalue weighted by Gasteiger charge is 2.16. The molecule has 0 N–H and O–H groups in total. The molecule has 0 atom stereocenters. The number of rotatable bonds is 3. The number of anilines is 1. The topological polar surface area (TPSA) is 19.4 Å². The van der Waals surface area contributed by atoms with Gasteiger partial charge in [-0.2, -0.15) is 0 Å². The summed E-state index contributed by atoms with van der Waals surface area (Å²) in [5.74, 6) is 0. The molecule has 1 fully saturated rings.